The van der Waals surface area contributed by atoms with Gasteiger partial charge < -0.3 is 9.84 Å². The summed E-state index contributed by atoms with van der Waals surface area (Å²) < 4.78 is 6.21. The normalized spacial score (nSPS) is 19.1. The molecule has 2 amide bonds. The number of hydrogen-bond acceptors (Lipinski definition) is 4. The van der Waals surface area contributed by atoms with Crippen LogP contribution in [0.4, 0.5) is 10.5 Å². The van der Waals surface area contributed by atoms with Gasteiger partial charge in [0.05, 0.1) is 12.3 Å². The number of imide groups is 1. The monoisotopic (exact) mass is 431 g/mol. The van der Waals surface area contributed by atoms with Crippen LogP contribution in [-0.2, 0) is 21.4 Å². The van der Waals surface area contributed by atoms with Crippen molar-refractivity contribution < 1.29 is 19.4 Å². The summed E-state index contributed by atoms with van der Waals surface area (Å²) >= 11 is 3.43. The van der Waals surface area contributed by atoms with Crippen molar-refractivity contribution >= 4 is 33.6 Å². The number of benzene rings is 2. The molecule has 2 aromatic carbocycles. The van der Waals surface area contributed by atoms with E-state index in [-0.39, 0.29) is 6.42 Å². The van der Waals surface area contributed by atoms with Crippen molar-refractivity contribution in [3.05, 3.63) is 64.1 Å². The lowest BCUT2D eigenvalue weighted by Gasteiger charge is -2.27. The van der Waals surface area contributed by atoms with E-state index in [4.69, 9.17) is 4.74 Å². The number of carbonyl (C=O) groups is 2. The van der Waals surface area contributed by atoms with Crippen molar-refractivity contribution in [3.63, 3.8) is 0 Å². The molecule has 0 unspecified atom stereocenters. The Morgan fingerprint density at radius 2 is 1.85 bits per heavy atom. The van der Waals surface area contributed by atoms with Crippen LogP contribution >= 0.6 is 15.9 Å². The number of halogens is 1. The summed E-state index contributed by atoms with van der Waals surface area (Å²) in [5, 5.41) is 10.3. The quantitative estimate of drug-likeness (QED) is 0.790. The Morgan fingerprint density at radius 3 is 2.44 bits per heavy atom. The maximum Gasteiger partial charge on any atom is 0.421 e. The van der Waals surface area contributed by atoms with E-state index >= 15 is 0 Å². The molecule has 1 N–H and O–H groups in total. The third kappa shape index (κ3) is 3.64. The summed E-state index contributed by atoms with van der Waals surface area (Å²) in [6.07, 6.45) is -0.453. The molecule has 0 radical (unpaired) electrons. The fourth-order valence-corrected chi connectivity index (χ4v) is 3.70. The first kappa shape index (κ1) is 19.6. The average molecular weight is 432 g/mol. The fraction of sp³-hybridized carbons (Fsp3) is 0.333. The summed E-state index contributed by atoms with van der Waals surface area (Å²) in [6.45, 7) is 4.83. The molecule has 1 aliphatic heterocycles. The van der Waals surface area contributed by atoms with E-state index in [1.54, 1.807) is 39.0 Å². The van der Waals surface area contributed by atoms with Crippen LogP contribution in [-0.4, -0.2) is 29.3 Å². The van der Waals surface area contributed by atoms with E-state index in [9.17, 15) is 14.7 Å². The molecule has 2 aromatic rings. The SMILES string of the molecule is CC(C)(C)OC(=O)N1C(=O)[C@@](CO)(Cc2ccccc2)c2cc(Br)ccc21. The Hall–Kier alpha value is -2.18. The molecule has 1 aliphatic rings. The van der Waals surface area contributed by atoms with Crippen LogP contribution in [0, 0.1) is 0 Å². The molecule has 0 aromatic heterocycles. The summed E-state index contributed by atoms with van der Waals surface area (Å²) in [7, 11) is 0. The van der Waals surface area contributed by atoms with Crippen LogP contribution in [0.25, 0.3) is 0 Å². The van der Waals surface area contributed by atoms with E-state index in [2.05, 4.69) is 15.9 Å². The predicted octanol–water partition coefficient (Wildman–Crippen LogP) is 4.20. The van der Waals surface area contributed by atoms with E-state index in [0.29, 0.717) is 11.3 Å². The zero-order valence-electron chi connectivity index (χ0n) is 15.5. The number of amides is 2. The zero-order chi connectivity index (χ0) is 19.8. The number of aliphatic hydroxyl groups excluding tert-OH is 1. The first-order valence-corrected chi connectivity index (χ1v) is 9.49. The molecule has 0 fully saturated rings. The minimum atomic E-state index is -1.24. The Kier molecular flexibility index (Phi) is 5.14. The van der Waals surface area contributed by atoms with E-state index in [0.717, 1.165) is 14.9 Å². The van der Waals surface area contributed by atoms with E-state index in [1.807, 2.05) is 30.3 Å². The highest BCUT2D eigenvalue weighted by molar-refractivity contribution is 9.10. The predicted molar refractivity (Wildman–Crippen MR) is 107 cm³/mol. The van der Waals surface area contributed by atoms with Gasteiger partial charge in [-0.3, -0.25) is 4.79 Å². The molecule has 0 saturated heterocycles. The average Bonchev–Trinajstić information content (AvgIpc) is 2.83. The van der Waals surface area contributed by atoms with Crippen LogP contribution in [0.5, 0.6) is 0 Å². The van der Waals surface area contributed by atoms with Gasteiger partial charge in [0.25, 0.3) is 0 Å². The second kappa shape index (κ2) is 7.09. The molecule has 5 nitrogen and oxygen atoms in total. The highest BCUT2D eigenvalue weighted by Crippen LogP contribution is 2.45. The van der Waals surface area contributed by atoms with E-state index < -0.39 is 29.6 Å². The van der Waals surface area contributed by atoms with E-state index in [1.165, 1.54) is 0 Å². The molecule has 0 aliphatic carbocycles. The minimum absolute atomic E-state index is 0.284. The van der Waals surface area contributed by atoms with Gasteiger partial charge in [0.15, 0.2) is 0 Å². The van der Waals surface area contributed by atoms with Crippen LogP contribution in [0.2, 0.25) is 0 Å². The highest BCUT2D eigenvalue weighted by Gasteiger charge is 2.53. The smallest absolute Gasteiger partial charge is 0.421 e. The van der Waals surface area contributed by atoms with Gasteiger partial charge in [-0.05, 0) is 56.5 Å². The van der Waals surface area contributed by atoms with Gasteiger partial charge in [0.1, 0.15) is 11.0 Å². The van der Waals surface area contributed by atoms with Gasteiger partial charge in [0, 0.05) is 4.47 Å². The molecular formula is C21H22BrNO4. The summed E-state index contributed by atoms with van der Waals surface area (Å²) in [4.78, 5) is 27.2. The van der Waals surface area contributed by atoms with Gasteiger partial charge in [-0.25, -0.2) is 9.69 Å². The Labute approximate surface area is 167 Å². The molecule has 3 rings (SSSR count). The molecule has 1 atom stereocenters. The minimum Gasteiger partial charge on any atom is -0.443 e. The third-order valence-electron chi connectivity index (χ3n) is 4.52. The Bertz CT molecular complexity index is 875. The van der Waals surface area contributed by atoms with Crippen LogP contribution < -0.4 is 4.90 Å². The van der Waals surface area contributed by atoms with Gasteiger partial charge >= 0.3 is 6.09 Å². The largest absolute Gasteiger partial charge is 0.443 e. The number of nitrogens with zero attached hydrogens (tertiary/aromatic N) is 1. The first-order valence-electron chi connectivity index (χ1n) is 8.70. The summed E-state index contributed by atoms with van der Waals surface area (Å²) in [5.74, 6) is -0.476. The molecule has 0 saturated carbocycles. The van der Waals surface area contributed by atoms with Gasteiger partial charge in [-0.2, -0.15) is 0 Å². The molecule has 0 bridgehead atoms. The second-order valence-electron chi connectivity index (χ2n) is 7.68. The Morgan fingerprint density at radius 1 is 1.19 bits per heavy atom. The van der Waals surface area contributed by atoms with Crippen molar-refractivity contribution in [1.82, 2.24) is 0 Å². The molecule has 142 valence electrons. The third-order valence-corrected chi connectivity index (χ3v) is 5.02. The van der Waals surface area contributed by atoms with Crippen LogP contribution in [0.1, 0.15) is 31.9 Å². The summed E-state index contributed by atoms with van der Waals surface area (Å²) in [5.41, 5.74) is -0.0212. The molecule has 27 heavy (non-hydrogen) atoms. The molecule has 6 heteroatoms. The van der Waals surface area contributed by atoms with Crippen LogP contribution in [0.3, 0.4) is 0 Å². The van der Waals surface area contributed by atoms with Crippen molar-refractivity contribution in [2.24, 2.45) is 0 Å². The number of carbonyl (C=O) groups excluding carboxylic acids is 2. The van der Waals surface area contributed by atoms with Gasteiger partial charge in [0.2, 0.25) is 5.91 Å². The molecule has 0 spiro atoms. The topological polar surface area (TPSA) is 66.8 Å². The van der Waals surface area contributed by atoms with Crippen molar-refractivity contribution in [2.45, 2.75) is 38.2 Å². The number of rotatable bonds is 3. The van der Waals surface area contributed by atoms with Crippen LogP contribution in [0.15, 0.2) is 53.0 Å². The summed E-state index contributed by atoms with van der Waals surface area (Å²) in [6, 6.07) is 14.7. The first-order chi connectivity index (χ1) is 12.7. The Balaban J connectivity index is 2.11. The zero-order valence-corrected chi connectivity index (χ0v) is 17.1. The fourth-order valence-electron chi connectivity index (χ4n) is 3.34. The maximum atomic E-state index is 13.4. The highest BCUT2D eigenvalue weighted by atomic mass is 79.9. The number of hydrogen-bond donors (Lipinski definition) is 1. The van der Waals surface area contributed by atoms with Crippen molar-refractivity contribution in [3.8, 4) is 0 Å². The maximum absolute atomic E-state index is 13.4. The van der Waals surface area contributed by atoms with Crippen molar-refractivity contribution in [2.75, 3.05) is 11.5 Å². The number of ether oxygens (including phenoxy) is 1. The number of fused-ring (bicyclic) bond motifs is 1. The number of aliphatic hydroxyl groups is 1. The lowest BCUT2D eigenvalue weighted by molar-refractivity contribution is -0.124. The lowest BCUT2D eigenvalue weighted by atomic mass is 9.77. The van der Waals surface area contributed by atoms with Gasteiger partial charge in [-0.1, -0.05) is 46.3 Å². The molecule has 1 heterocycles. The number of anilines is 1. The lowest BCUT2D eigenvalue weighted by Crippen LogP contribution is -2.48. The van der Waals surface area contributed by atoms with Crippen molar-refractivity contribution in [1.29, 1.82) is 0 Å². The van der Waals surface area contributed by atoms with Gasteiger partial charge in [-0.15, -0.1) is 0 Å². The standard InChI is InChI=1S/C21H22BrNO4/c1-20(2,3)27-19(26)23-17-10-9-15(22)11-16(17)21(13-24,18(23)25)12-14-7-5-4-6-8-14/h4-11,24H,12-13H2,1-3H3/t21-/m1/s1. The molecular weight excluding hydrogens is 410 g/mol. The second-order valence-corrected chi connectivity index (χ2v) is 8.60.